The van der Waals surface area contributed by atoms with Gasteiger partial charge >= 0.3 is 0 Å². The van der Waals surface area contributed by atoms with Crippen LogP contribution in [-0.4, -0.2) is 31.1 Å². The van der Waals surface area contributed by atoms with Crippen molar-refractivity contribution in [1.29, 1.82) is 0 Å². The van der Waals surface area contributed by atoms with Gasteiger partial charge in [-0.1, -0.05) is 61.6 Å². The van der Waals surface area contributed by atoms with Crippen LogP contribution in [0.2, 0.25) is 0 Å². The number of pyridine rings is 1. The van der Waals surface area contributed by atoms with Crippen LogP contribution < -0.4 is 10.3 Å². The van der Waals surface area contributed by atoms with Crippen LogP contribution in [0.5, 0.6) is 11.6 Å². The van der Waals surface area contributed by atoms with Crippen molar-refractivity contribution in [1.82, 2.24) is 14.3 Å². The highest BCUT2D eigenvalue weighted by atomic mass is 32.2. The maximum Gasteiger partial charge on any atom is 0.269 e. The molecule has 1 amide bonds. The largest absolute Gasteiger partial charge is 0.438 e. The Morgan fingerprint density at radius 2 is 1.91 bits per heavy atom. The number of aryl methyl sites for hydroxylation is 3. The molecule has 1 aromatic carbocycles. The number of amides is 1. The summed E-state index contributed by atoms with van der Waals surface area (Å²) < 4.78 is 8.13. The Balaban J connectivity index is 1.88. The molecule has 170 valence electrons. The SMILES string of the molecule is Cc1ccc(Oc2nc3c(C)cccn3c(=O)c2/C=C2/SC(=S)N(CC(C)C)C2=O)c(C)c1. The van der Waals surface area contributed by atoms with Crippen LogP contribution in [-0.2, 0) is 4.79 Å². The summed E-state index contributed by atoms with van der Waals surface area (Å²) in [5.41, 5.74) is 3.29. The second-order valence-corrected chi connectivity index (χ2v) is 10.3. The van der Waals surface area contributed by atoms with E-state index in [0.717, 1.165) is 16.7 Å². The summed E-state index contributed by atoms with van der Waals surface area (Å²) in [5.74, 6) is 0.832. The molecule has 4 rings (SSSR count). The van der Waals surface area contributed by atoms with Crippen molar-refractivity contribution in [3.63, 3.8) is 0 Å². The Bertz CT molecular complexity index is 1380. The molecule has 0 atom stereocenters. The fraction of sp³-hybridized carbons (Fsp3) is 0.280. The van der Waals surface area contributed by atoms with Gasteiger partial charge < -0.3 is 4.74 Å². The van der Waals surface area contributed by atoms with Gasteiger partial charge in [0.2, 0.25) is 5.88 Å². The van der Waals surface area contributed by atoms with Gasteiger partial charge in [0.25, 0.3) is 11.5 Å². The van der Waals surface area contributed by atoms with Gasteiger partial charge in [0.05, 0.1) is 4.91 Å². The van der Waals surface area contributed by atoms with Gasteiger partial charge in [-0.2, -0.15) is 4.98 Å². The van der Waals surface area contributed by atoms with Crippen LogP contribution in [0.1, 0.15) is 36.1 Å². The number of carbonyl (C=O) groups is 1. The quantitative estimate of drug-likeness (QED) is 0.367. The van der Waals surface area contributed by atoms with Crippen LogP contribution in [0.25, 0.3) is 11.7 Å². The number of aromatic nitrogens is 2. The van der Waals surface area contributed by atoms with Gasteiger partial charge in [0, 0.05) is 12.7 Å². The Morgan fingerprint density at radius 3 is 2.61 bits per heavy atom. The van der Waals surface area contributed by atoms with E-state index in [0.29, 0.717) is 27.2 Å². The van der Waals surface area contributed by atoms with Crippen LogP contribution in [0, 0.1) is 26.7 Å². The highest BCUT2D eigenvalue weighted by Gasteiger charge is 2.33. The van der Waals surface area contributed by atoms with Gasteiger partial charge in [0.15, 0.2) is 0 Å². The summed E-state index contributed by atoms with van der Waals surface area (Å²) >= 11 is 6.61. The summed E-state index contributed by atoms with van der Waals surface area (Å²) in [6.07, 6.45) is 3.22. The smallest absolute Gasteiger partial charge is 0.269 e. The van der Waals surface area contributed by atoms with E-state index < -0.39 is 0 Å². The van der Waals surface area contributed by atoms with Crippen molar-refractivity contribution >= 4 is 45.9 Å². The Kier molecular flexibility index (Phi) is 6.41. The van der Waals surface area contributed by atoms with Crippen molar-refractivity contribution in [3.05, 3.63) is 74.0 Å². The number of nitrogens with zero attached hydrogens (tertiary/aromatic N) is 3. The predicted octanol–water partition coefficient (Wildman–Crippen LogP) is 5.27. The summed E-state index contributed by atoms with van der Waals surface area (Å²) in [6.45, 7) is 10.4. The third-order valence-corrected chi connectivity index (χ3v) is 6.66. The fourth-order valence-electron chi connectivity index (χ4n) is 3.67. The Hall–Kier alpha value is -2.97. The molecule has 1 aliphatic heterocycles. The molecule has 0 N–H and O–H groups in total. The maximum absolute atomic E-state index is 13.5. The topological polar surface area (TPSA) is 63.9 Å². The first-order valence-corrected chi connectivity index (χ1v) is 11.9. The zero-order valence-corrected chi connectivity index (χ0v) is 20.8. The zero-order chi connectivity index (χ0) is 23.9. The number of benzene rings is 1. The Morgan fingerprint density at radius 1 is 1.15 bits per heavy atom. The molecule has 0 spiro atoms. The van der Waals surface area contributed by atoms with Gasteiger partial charge in [-0.3, -0.25) is 18.9 Å². The van der Waals surface area contributed by atoms with Gasteiger partial charge in [-0.05, 0) is 56.0 Å². The molecular weight excluding hydrogens is 454 g/mol. The predicted molar refractivity (Wildman–Crippen MR) is 137 cm³/mol. The van der Waals surface area contributed by atoms with Crippen molar-refractivity contribution in [2.45, 2.75) is 34.6 Å². The molecule has 1 aliphatic rings. The average molecular weight is 480 g/mol. The number of carbonyl (C=O) groups excluding carboxylic acids is 1. The first-order chi connectivity index (χ1) is 15.7. The molecule has 2 aromatic heterocycles. The maximum atomic E-state index is 13.5. The third-order valence-electron chi connectivity index (χ3n) is 5.28. The highest BCUT2D eigenvalue weighted by Crippen LogP contribution is 2.35. The average Bonchev–Trinajstić information content (AvgIpc) is 3.00. The second kappa shape index (κ2) is 9.11. The number of rotatable bonds is 5. The van der Waals surface area contributed by atoms with Crippen LogP contribution in [0.3, 0.4) is 0 Å². The van der Waals surface area contributed by atoms with E-state index in [-0.39, 0.29) is 28.8 Å². The summed E-state index contributed by atoms with van der Waals surface area (Å²) in [7, 11) is 0. The first-order valence-electron chi connectivity index (χ1n) is 10.7. The van der Waals surface area contributed by atoms with E-state index >= 15 is 0 Å². The van der Waals surface area contributed by atoms with Crippen molar-refractivity contribution in [2.75, 3.05) is 6.54 Å². The van der Waals surface area contributed by atoms with E-state index in [1.54, 1.807) is 23.2 Å². The molecule has 3 aromatic rings. The molecule has 0 saturated carbocycles. The lowest BCUT2D eigenvalue weighted by molar-refractivity contribution is -0.122. The van der Waals surface area contributed by atoms with Crippen LogP contribution in [0.4, 0.5) is 0 Å². The third kappa shape index (κ3) is 4.58. The normalized spacial score (nSPS) is 15.3. The van der Waals surface area contributed by atoms with E-state index in [1.807, 2.05) is 58.9 Å². The molecular formula is C25H25N3O3S2. The molecule has 33 heavy (non-hydrogen) atoms. The standard InChI is InChI=1S/C25H25N3O3S2/c1-14(2)13-28-24(30)20(33-25(28)32)12-18-22(31-19-9-8-15(3)11-17(19)5)26-21-16(4)7-6-10-27(21)23(18)29/h6-12,14H,13H2,1-5H3/b20-12+. The highest BCUT2D eigenvalue weighted by molar-refractivity contribution is 8.26. The Labute approximate surface area is 202 Å². The van der Waals surface area contributed by atoms with E-state index in [4.69, 9.17) is 17.0 Å². The van der Waals surface area contributed by atoms with Crippen LogP contribution in [0.15, 0.2) is 46.2 Å². The lowest BCUT2D eigenvalue weighted by Crippen LogP contribution is -2.31. The van der Waals surface area contributed by atoms with Gasteiger partial charge in [-0.15, -0.1) is 0 Å². The number of thiocarbonyl (C=S) groups is 1. The number of hydrogen-bond acceptors (Lipinski definition) is 6. The molecule has 8 heteroatoms. The fourth-order valence-corrected chi connectivity index (χ4v) is 4.92. The number of thioether (sulfide) groups is 1. The van der Waals surface area contributed by atoms with Crippen LogP contribution >= 0.6 is 24.0 Å². The summed E-state index contributed by atoms with van der Waals surface area (Å²) in [5, 5.41) is 0. The number of hydrogen-bond donors (Lipinski definition) is 0. The first kappa shape index (κ1) is 23.2. The van der Waals surface area contributed by atoms with Crippen molar-refractivity contribution in [2.24, 2.45) is 5.92 Å². The molecule has 0 radical (unpaired) electrons. The monoisotopic (exact) mass is 479 g/mol. The van der Waals surface area contributed by atoms with Crippen molar-refractivity contribution < 1.29 is 9.53 Å². The summed E-state index contributed by atoms with van der Waals surface area (Å²) in [6, 6.07) is 9.49. The van der Waals surface area contributed by atoms with E-state index in [9.17, 15) is 9.59 Å². The number of ether oxygens (including phenoxy) is 1. The summed E-state index contributed by atoms with van der Waals surface area (Å²) in [4.78, 5) is 33.2. The lowest BCUT2D eigenvalue weighted by atomic mass is 10.1. The zero-order valence-electron chi connectivity index (χ0n) is 19.2. The molecule has 1 saturated heterocycles. The minimum absolute atomic E-state index is 0.162. The van der Waals surface area contributed by atoms with E-state index in [2.05, 4.69) is 4.98 Å². The molecule has 0 unspecified atom stereocenters. The minimum Gasteiger partial charge on any atom is -0.438 e. The lowest BCUT2D eigenvalue weighted by Gasteiger charge is -2.16. The van der Waals surface area contributed by atoms with Crippen molar-refractivity contribution in [3.8, 4) is 11.6 Å². The minimum atomic E-state index is -0.308. The molecule has 1 fully saturated rings. The molecule has 0 aliphatic carbocycles. The van der Waals surface area contributed by atoms with Gasteiger partial charge in [0.1, 0.15) is 21.3 Å². The molecule has 3 heterocycles. The second-order valence-electron chi connectivity index (χ2n) is 8.58. The van der Waals surface area contributed by atoms with Gasteiger partial charge in [-0.25, -0.2) is 0 Å². The number of fused-ring (bicyclic) bond motifs is 1. The van der Waals surface area contributed by atoms with E-state index in [1.165, 1.54) is 16.2 Å². The molecule has 0 bridgehead atoms. The molecule has 6 nitrogen and oxygen atoms in total.